The van der Waals surface area contributed by atoms with E-state index in [1.165, 1.54) is 17.3 Å². The van der Waals surface area contributed by atoms with E-state index in [9.17, 15) is 4.39 Å². The van der Waals surface area contributed by atoms with Crippen LogP contribution in [-0.4, -0.2) is 17.0 Å². The summed E-state index contributed by atoms with van der Waals surface area (Å²) in [4.78, 5) is 12.6. The van der Waals surface area contributed by atoms with Gasteiger partial charge in [0, 0.05) is 11.9 Å². The molecule has 0 aliphatic carbocycles. The van der Waals surface area contributed by atoms with Crippen molar-refractivity contribution in [2.45, 2.75) is 13.3 Å². The Morgan fingerprint density at radius 1 is 1.25 bits per heavy atom. The number of thiophene rings is 1. The average Bonchev–Trinajstić information content (AvgIpc) is 2.90. The van der Waals surface area contributed by atoms with Crippen LogP contribution < -0.4 is 4.90 Å². The lowest BCUT2D eigenvalue weighted by Crippen LogP contribution is -2.13. The Balaban J connectivity index is 2.14. The molecule has 0 N–H and O–H groups in total. The molecule has 0 atom stereocenters. The molecule has 2 heterocycles. The minimum atomic E-state index is -0.257. The fourth-order valence-electron chi connectivity index (χ4n) is 2.17. The number of rotatable bonds is 3. The van der Waals surface area contributed by atoms with Gasteiger partial charge in [-0.05, 0) is 24.6 Å². The highest BCUT2D eigenvalue weighted by atomic mass is 32.1. The third kappa shape index (κ3) is 2.14. The van der Waals surface area contributed by atoms with Gasteiger partial charge < -0.3 is 4.90 Å². The first kappa shape index (κ1) is 13.0. The van der Waals surface area contributed by atoms with Gasteiger partial charge in [0.25, 0.3) is 0 Å². The number of hydrogen-bond donors (Lipinski definition) is 0. The van der Waals surface area contributed by atoms with Crippen LogP contribution in [0.3, 0.4) is 0 Å². The molecule has 0 fully saturated rings. The van der Waals surface area contributed by atoms with E-state index in [0.29, 0.717) is 5.69 Å². The summed E-state index contributed by atoms with van der Waals surface area (Å²) < 4.78 is 13.9. The molecule has 20 heavy (non-hydrogen) atoms. The highest BCUT2D eigenvalue weighted by molar-refractivity contribution is 7.18. The quantitative estimate of drug-likeness (QED) is 0.724. The highest BCUT2D eigenvalue weighted by Gasteiger charge is 2.15. The third-order valence-electron chi connectivity index (χ3n) is 3.24. The number of hydrogen-bond acceptors (Lipinski definition) is 4. The van der Waals surface area contributed by atoms with E-state index in [0.717, 1.165) is 22.5 Å². The van der Waals surface area contributed by atoms with E-state index in [2.05, 4.69) is 23.0 Å². The first-order valence-corrected chi connectivity index (χ1v) is 7.24. The zero-order chi connectivity index (χ0) is 14.1. The normalized spacial score (nSPS) is 10.9. The van der Waals surface area contributed by atoms with Gasteiger partial charge >= 0.3 is 0 Å². The van der Waals surface area contributed by atoms with Crippen LogP contribution in [0.2, 0.25) is 0 Å². The molecule has 2 aromatic heterocycles. The number of aromatic nitrogens is 2. The Morgan fingerprint density at radius 3 is 2.80 bits per heavy atom. The second kappa shape index (κ2) is 5.17. The van der Waals surface area contributed by atoms with Crippen molar-refractivity contribution in [1.82, 2.24) is 9.97 Å². The predicted molar refractivity (Wildman–Crippen MR) is 81.3 cm³/mol. The molecule has 5 heteroatoms. The maximum Gasteiger partial charge on any atom is 0.146 e. The molecule has 0 amide bonds. The summed E-state index contributed by atoms with van der Waals surface area (Å²) in [7, 11) is 1.82. The Labute approximate surface area is 120 Å². The lowest BCUT2D eigenvalue weighted by Gasteiger charge is -2.19. The van der Waals surface area contributed by atoms with Crippen molar-refractivity contribution in [2.24, 2.45) is 0 Å². The summed E-state index contributed by atoms with van der Waals surface area (Å²) in [5, 5.41) is 0.972. The van der Waals surface area contributed by atoms with Crippen LogP contribution in [-0.2, 0) is 6.42 Å². The molecule has 0 saturated carbocycles. The first-order chi connectivity index (χ1) is 9.70. The lowest BCUT2D eigenvalue weighted by atomic mass is 10.2. The van der Waals surface area contributed by atoms with Gasteiger partial charge in [0.2, 0.25) is 0 Å². The number of anilines is 2. The zero-order valence-electron chi connectivity index (χ0n) is 11.3. The van der Waals surface area contributed by atoms with Crippen molar-refractivity contribution in [3.63, 3.8) is 0 Å². The molecule has 0 aliphatic heterocycles. The average molecular weight is 287 g/mol. The molecule has 0 saturated heterocycles. The number of nitrogens with zero attached hydrogens (tertiary/aromatic N) is 3. The molecule has 3 nitrogen and oxygen atoms in total. The first-order valence-electron chi connectivity index (χ1n) is 6.42. The molecule has 0 unspecified atom stereocenters. The van der Waals surface area contributed by atoms with Crippen molar-refractivity contribution >= 4 is 33.1 Å². The van der Waals surface area contributed by atoms with Crippen molar-refractivity contribution < 1.29 is 4.39 Å². The van der Waals surface area contributed by atoms with E-state index >= 15 is 0 Å². The van der Waals surface area contributed by atoms with E-state index < -0.39 is 0 Å². The second-order valence-corrected chi connectivity index (χ2v) is 5.61. The van der Waals surface area contributed by atoms with E-state index in [1.807, 2.05) is 13.1 Å². The fraction of sp³-hybridized carbons (Fsp3) is 0.200. The molecular formula is C15H14FN3S. The van der Waals surface area contributed by atoms with Gasteiger partial charge in [0.1, 0.15) is 22.8 Å². The largest absolute Gasteiger partial charge is 0.326 e. The Hall–Kier alpha value is -2.01. The minimum Gasteiger partial charge on any atom is -0.326 e. The number of fused-ring (bicyclic) bond motifs is 1. The Bertz CT molecular complexity index is 754. The number of para-hydroxylation sites is 1. The maximum atomic E-state index is 13.9. The van der Waals surface area contributed by atoms with Crippen molar-refractivity contribution in [2.75, 3.05) is 11.9 Å². The van der Waals surface area contributed by atoms with Crippen LogP contribution >= 0.6 is 11.3 Å². The molecule has 0 spiro atoms. The summed E-state index contributed by atoms with van der Waals surface area (Å²) in [6.07, 6.45) is 2.49. The van der Waals surface area contributed by atoms with E-state index in [-0.39, 0.29) is 5.82 Å². The minimum absolute atomic E-state index is 0.257. The van der Waals surface area contributed by atoms with Crippen LogP contribution in [0.4, 0.5) is 15.9 Å². The summed E-state index contributed by atoms with van der Waals surface area (Å²) in [5.74, 6) is 0.476. The molecule has 0 aliphatic rings. The van der Waals surface area contributed by atoms with Gasteiger partial charge in [-0.1, -0.05) is 19.1 Å². The van der Waals surface area contributed by atoms with E-state index in [1.54, 1.807) is 28.4 Å². The molecule has 3 rings (SSSR count). The van der Waals surface area contributed by atoms with Gasteiger partial charge in [-0.15, -0.1) is 11.3 Å². The number of halogens is 1. The predicted octanol–water partition coefficient (Wildman–Crippen LogP) is 4.16. The molecular weight excluding hydrogens is 273 g/mol. The van der Waals surface area contributed by atoms with Gasteiger partial charge in [0.05, 0.1) is 11.1 Å². The third-order valence-corrected chi connectivity index (χ3v) is 4.43. The van der Waals surface area contributed by atoms with Gasteiger partial charge in [-0.3, -0.25) is 0 Å². The summed E-state index contributed by atoms with van der Waals surface area (Å²) in [6, 6.07) is 8.79. The Kier molecular flexibility index (Phi) is 3.36. The van der Waals surface area contributed by atoms with Crippen LogP contribution in [0.25, 0.3) is 10.2 Å². The van der Waals surface area contributed by atoms with E-state index in [4.69, 9.17) is 0 Å². The Morgan fingerprint density at radius 2 is 2.05 bits per heavy atom. The molecule has 102 valence electrons. The molecule has 0 bridgehead atoms. The van der Waals surface area contributed by atoms with Crippen LogP contribution in [0, 0.1) is 5.82 Å². The van der Waals surface area contributed by atoms with Crippen LogP contribution in [0.1, 0.15) is 11.8 Å². The lowest BCUT2D eigenvalue weighted by molar-refractivity contribution is 0.627. The molecule has 1 aromatic carbocycles. The smallest absolute Gasteiger partial charge is 0.146 e. The van der Waals surface area contributed by atoms with Gasteiger partial charge in [0.15, 0.2) is 0 Å². The molecule has 3 aromatic rings. The molecule has 0 radical (unpaired) electrons. The standard InChI is InChI=1S/C15H14FN3S/c1-3-10-8-11-14(17-9-18-15(11)20-10)19(2)13-7-5-4-6-12(13)16/h4-9H,3H2,1-2H3. The van der Waals surface area contributed by atoms with Gasteiger partial charge in [-0.25, -0.2) is 14.4 Å². The summed E-state index contributed by atoms with van der Waals surface area (Å²) in [6.45, 7) is 2.11. The SMILES string of the molecule is CCc1cc2c(N(C)c3ccccc3F)ncnc2s1. The number of benzene rings is 1. The maximum absolute atomic E-state index is 13.9. The van der Waals surface area contributed by atoms with Crippen molar-refractivity contribution in [3.8, 4) is 0 Å². The monoisotopic (exact) mass is 287 g/mol. The summed E-state index contributed by atoms with van der Waals surface area (Å²) in [5.41, 5.74) is 0.511. The highest BCUT2D eigenvalue weighted by Crippen LogP contribution is 2.33. The van der Waals surface area contributed by atoms with Crippen molar-refractivity contribution in [1.29, 1.82) is 0 Å². The summed E-state index contributed by atoms with van der Waals surface area (Å²) >= 11 is 1.66. The second-order valence-electron chi connectivity index (χ2n) is 4.49. The zero-order valence-corrected chi connectivity index (χ0v) is 12.1. The number of aryl methyl sites for hydroxylation is 1. The van der Waals surface area contributed by atoms with Crippen molar-refractivity contribution in [3.05, 3.63) is 47.4 Å². The topological polar surface area (TPSA) is 29.0 Å². The fourth-order valence-corrected chi connectivity index (χ4v) is 3.10. The van der Waals surface area contributed by atoms with Crippen LogP contribution in [0.5, 0.6) is 0 Å². The van der Waals surface area contributed by atoms with Gasteiger partial charge in [-0.2, -0.15) is 0 Å². The van der Waals surface area contributed by atoms with Crippen LogP contribution in [0.15, 0.2) is 36.7 Å².